The third kappa shape index (κ3) is 2.59. The van der Waals surface area contributed by atoms with E-state index in [9.17, 15) is 0 Å². The molecule has 0 radical (unpaired) electrons. The second kappa shape index (κ2) is 5.65. The van der Waals surface area contributed by atoms with Gasteiger partial charge in [0.25, 0.3) is 0 Å². The Kier molecular flexibility index (Phi) is 3.54. The van der Waals surface area contributed by atoms with Crippen LogP contribution in [0.2, 0.25) is 0 Å². The predicted octanol–water partition coefficient (Wildman–Crippen LogP) is 2.95. The highest BCUT2D eigenvalue weighted by Gasteiger charge is 2.07. The third-order valence-electron chi connectivity index (χ3n) is 3.25. The van der Waals surface area contributed by atoms with E-state index in [4.69, 9.17) is 0 Å². The molecule has 0 N–H and O–H groups in total. The highest BCUT2D eigenvalue weighted by atomic mass is 15.1. The molecule has 0 amide bonds. The Labute approximate surface area is 118 Å². The van der Waals surface area contributed by atoms with Crippen LogP contribution in [0.25, 0.3) is 11.5 Å². The highest BCUT2D eigenvalue weighted by molar-refractivity contribution is 5.50. The van der Waals surface area contributed by atoms with Crippen molar-refractivity contribution in [2.45, 2.75) is 19.9 Å². The molecule has 0 aliphatic heterocycles. The first-order valence-corrected chi connectivity index (χ1v) is 6.72. The summed E-state index contributed by atoms with van der Waals surface area (Å²) in [6.45, 7) is 2.88. The van der Waals surface area contributed by atoms with E-state index >= 15 is 0 Å². The third-order valence-corrected chi connectivity index (χ3v) is 3.25. The van der Waals surface area contributed by atoms with Crippen molar-refractivity contribution in [1.29, 1.82) is 0 Å². The zero-order valence-corrected chi connectivity index (χ0v) is 11.4. The minimum absolute atomic E-state index is 0.750. The molecule has 3 aromatic rings. The lowest BCUT2D eigenvalue weighted by Crippen LogP contribution is -2.02. The molecule has 3 heterocycles. The Bertz CT molecular complexity index is 671. The lowest BCUT2D eigenvalue weighted by molar-refractivity contribution is 0.799. The lowest BCUT2D eigenvalue weighted by atomic mass is 10.2. The maximum Gasteiger partial charge on any atom is 0.158 e. The molecule has 0 atom stereocenters. The Hall–Kier alpha value is -2.49. The van der Waals surface area contributed by atoms with Crippen LogP contribution in [0.15, 0.2) is 55.2 Å². The van der Waals surface area contributed by atoms with Gasteiger partial charge in [-0.25, -0.2) is 4.98 Å². The number of hydrogen-bond acceptors (Lipinski definition) is 3. The SMILES string of the molecule is CCc1ccc(-c2nccn2Cc2cccnc2)nc1. The van der Waals surface area contributed by atoms with E-state index in [1.807, 2.05) is 30.7 Å². The molecular weight excluding hydrogens is 248 g/mol. The number of aromatic nitrogens is 4. The highest BCUT2D eigenvalue weighted by Crippen LogP contribution is 2.16. The van der Waals surface area contributed by atoms with Crippen molar-refractivity contribution >= 4 is 0 Å². The van der Waals surface area contributed by atoms with Crippen molar-refractivity contribution in [2.75, 3.05) is 0 Å². The number of imidazole rings is 1. The van der Waals surface area contributed by atoms with Gasteiger partial charge < -0.3 is 4.57 Å². The standard InChI is InChI=1S/C16H16N4/c1-2-13-5-6-15(19-11-13)16-18-8-9-20(16)12-14-4-3-7-17-10-14/h3-11H,2,12H2,1H3. The van der Waals surface area contributed by atoms with Gasteiger partial charge in [0.05, 0.1) is 6.54 Å². The van der Waals surface area contributed by atoms with Gasteiger partial charge in [-0.05, 0) is 29.7 Å². The van der Waals surface area contributed by atoms with Gasteiger partial charge in [0, 0.05) is 31.0 Å². The van der Waals surface area contributed by atoms with Crippen LogP contribution in [0.1, 0.15) is 18.1 Å². The van der Waals surface area contributed by atoms with E-state index in [0.29, 0.717) is 0 Å². The topological polar surface area (TPSA) is 43.6 Å². The second-order valence-electron chi connectivity index (χ2n) is 4.65. The van der Waals surface area contributed by atoms with Crippen molar-refractivity contribution in [3.8, 4) is 11.5 Å². The molecule has 0 aliphatic rings. The number of rotatable bonds is 4. The van der Waals surface area contributed by atoms with Crippen LogP contribution in [-0.4, -0.2) is 19.5 Å². The van der Waals surface area contributed by atoms with Gasteiger partial charge >= 0.3 is 0 Å². The fraction of sp³-hybridized carbons (Fsp3) is 0.188. The molecule has 0 fully saturated rings. The first kappa shape index (κ1) is 12.5. The number of hydrogen-bond donors (Lipinski definition) is 0. The van der Waals surface area contributed by atoms with Crippen LogP contribution >= 0.6 is 0 Å². The van der Waals surface area contributed by atoms with Gasteiger partial charge in [-0.1, -0.05) is 19.1 Å². The average molecular weight is 264 g/mol. The summed E-state index contributed by atoms with van der Waals surface area (Å²) in [5, 5.41) is 0. The molecule has 0 saturated heterocycles. The number of pyridine rings is 2. The summed E-state index contributed by atoms with van der Waals surface area (Å²) in [6, 6.07) is 8.14. The van der Waals surface area contributed by atoms with Crippen LogP contribution in [0.4, 0.5) is 0 Å². The zero-order chi connectivity index (χ0) is 13.8. The molecule has 0 aromatic carbocycles. The maximum absolute atomic E-state index is 4.50. The van der Waals surface area contributed by atoms with Crippen molar-refractivity contribution in [3.05, 3.63) is 66.4 Å². The van der Waals surface area contributed by atoms with E-state index in [1.54, 1.807) is 12.4 Å². The summed E-state index contributed by atoms with van der Waals surface area (Å²) in [4.78, 5) is 13.1. The molecular formula is C16H16N4. The molecule has 0 bridgehead atoms. The van der Waals surface area contributed by atoms with Crippen LogP contribution in [0.3, 0.4) is 0 Å². The van der Waals surface area contributed by atoms with Crippen LogP contribution in [-0.2, 0) is 13.0 Å². The molecule has 3 aromatic heterocycles. The molecule has 0 unspecified atom stereocenters. The van der Waals surface area contributed by atoms with Crippen LogP contribution < -0.4 is 0 Å². The first-order chi connectivity index (χ1) is 9.86. The number of aryl methyl sites for hydroxylation is 1. The van der Waals surface area contributed by atoms with E-state index in [1.165, 1.54) is 5.56 Å². The van der Waals surface area contributed by atoms with E-state index in [-0.39, 0.29) is 0 Å². The predicted molar refractivity (Wildman–Crippen MR) is 78.2 cm³/mol. The van der Waals surface area contributed by atoms with Gasteiger partial charge in [-0.15, -0.1) is 0 Å². The summed E-state index contributed by atoms with van der Waals surface area (Å²) < 4.78 is 2.09. The van der Waals surface area contributed by atoms with Gasteiger partial charge in [-0.2, -0.15) is 0 Å². The van der Waals surface area contributed by atoms with Crippen molar-refractivity contribution in [3.63, 3.8) is 0 Å². The molecule has 4 nitrogen and oxygen atoms in total. The minimum Gasteiger partial charge on any atom is -0.325 e. The van der Waals surface area contributed by atoms with Gasteiger partial charge in [-0.3, -0.25) is 9.97 Å². The molecule has 0 saturated carbocycles. The summed E-state index contributed by atoms with van der Waals surface area (Å²) >= 11 is 0. The number of nitrogens with zero attached hydrogens (tertiary/aromatic N) is 4. The summed E-state index contributed by atoms with van der Waals surface area (Å²) in [5.74, 6) is 0.886. The smallest absolute Gasteiger partial charge is 0.158 e. The molecule has 4 heteroatoms. The average Bonchev–Trinajstić information content (AvgIpc) is 2.96. The van der Waals surface area contributed by atoms with Gasteiger partial charge in [0.15, 0.2) is 5.82 Å². The second-order valence-corrected chi connectivity index (χ2v) is 4.65. The van der Waals surface area contributed by atoms with Crippen LogP contribution in [0.5, 0.6) is 0 Å². The molecule has 20 heavy (non-hydrogen) atoms. The summed E-state index contributed by atoms with van der Waals surface area (Å²) in [6.07, 6.45) is 10.3. The molecule has 0 aliphatic carbocycles. The quantitative estimate of drug-likeness (QED) is 0.727. The monoisotopic (exact) mass is 264 g/mol. The fourth-order valence-corrected chi connectivity index (χ4v) is 2.12. The normalized spacial score (nSPS) is 10.7. The van der Waals surface area contributed by atoms with E-state index in [2.05, 4.69) is 38.6 Å². The molecule has 3 rings (SSSR count). The maximum atomic E-state index is 4.50. The lowest BCUT2D eigenvalue weighted by Gasteiger charge is -2.07. The zero-order valence-electron chi connectivity index (χ0n) is 11.4. The summed E-state index contributed by atoms with van der Waals surface area (Å²) in [5.41, 5.74) is 3.28. The molecule has 100 valence electrons. The van der Waals surface area contributed by atoms with Gasteiger partial charge in [0.2, 0.25) is 0 Å². The largest absolute Gasteiger partial charge is 0.325 e. The first-order valence-electron chi connectivity index (χ1n) is 6.72. The summed E-state index contributed by atoms with van der Waals surface area (Å²) in [7, 11) is 0. The minimum atomic E-state index is 0.750. The Balaban J connectivity index is 1.89. The van der Waals surface area contributed by atoms with Gasteiger partial charge in [0.1, 0.15) is 5.69 Å². The Morgan fingerprint density at radius 3 is 2.65 bits per heavy atom. The Morgan fingerprint density at radius 1 is 1.00 bits per heavy atom. The van der Waals surface area contributed by atoms with Crippen molar-refractivity contribution in [2.24, 2.45) is 0 Å². The fourth-order valence-electron chi connectivity index (χ4n) is 2.12. The van der Waals surface area contributed by atoms with Crippen LogP contribution in [0, 0.1) is 0 Å². The van der Waals surface area contributed by atoms with E-state index in [0.717, 1.165) is 30.0 Å². The molecule has 0 spiro atoms. The van der Waals surface area contributed by atoms with E-state index < -0.39 is 0 Å². The van der Waals surface area contributed by atoms with Crippen molar-refractivity contribution in [1.82, 2.24) is 19.5 Å². The van der Waals surface area contributed by atoms with Crippen molar-refractivity contribution < 1.29 is 0 Å². The Morgan fingerprint density at radius 2 is 1.95 bits per heavy atom.